The van der Waals surface area contributed by atoms with Crippen LogP contribution in [0.25, 0.3) is 10.2 Å². The van der Waals surface area contributed by atoms with Gasteiger partial charge in [-0.15, -0.1) is 11.3 Å². The molecule has 1 atom stereocenters. The van der Waals surface area contributed by atoms with Gasteiger partial charge in [0, 0.05) is 24.9 Å². The van der Waals surface area contributed by atoms with Gasteiger partial charge in [0.1, 0.15) is 35.9 Å². The Hall–Kier alpha value is -3.40. The Bertz CT molecular complexity index is 1320. The number of thiophene rings is 1. The Morgan fingerprint density at radius 1 is 1.28 bits per heavy atom. The molecule has 1 fully saturated rings. The highest BCUT2D eigenvalue weighted by molar-refractivity contribution is 7.19. The van der Waals surface area contributed by atoms with Crippen LogP contribution in [0.5, 0.6) is 5.75 Å². The Morgan fingerprint density at radius 3 is 2.83 bits per heavy atom. The minimum atomic E-state index is -0.294. The number of aromatic nitrogens is 2. The third-order valence-electron chi connectivity index (χ3n) is 6.95. The molecule has 3 heterocycles. The first-order chi connectivity index (χ1) is 17.3. The number of hydrogen-bond acceptors (Lipinski definition) is 8. The summed E-state index contributed by atoms with van der Waals surface area (Å²) < 4.78 is 11.1. The van der Waals surface area contributed by atoms with Crippen LogP contribution in [0.2, 0.25) is 0 Å². The van der Waals surface area contributed by atoms with E-state index in [1.807, 2.05) is 27.1 Å². The Labute approximate surface area is 214 Å². The summed E-state index contributed by atoms with van der Waals surface area (Å²) >= 11 is 1.65. The maximum Gasteiger partial charge on any atom is 0.410 e. The van der Waals surface area contributed by atoms with Crippen molar-refractivity contribution in [3.05, 3.63) is 40.0 Å². The number of fused-ring (bicyclic) bond motifs is 3. The molecule has 0 radical (unpaired) electrons. The van der Waals surface area contributed by atoms with Gasteiger partial charge in [0.2, 0.25) is 5.91 Å². The van der Waals surface area contributed by atoms with Crippen molar-refractivity contribution in [2.75, 3.05) is 45.7 Å². The zero-order chi connectivity index (χ0) is 25.4. The van der Waals surface area contributed by atoms with Gasteiger partial charge in [0.25, 0.3) is 0 Å². The molecule has 2 aromatic heterocycles. The molecule has 10 heteroatoms. The highest BCUT2D eigenvalue weighted by atomic mass is 32.1. The van der Waals surface area contributed by atoms with Crippen molar-refractivity contribution in [2.24, 2.45) is 5.92 Å². The fourth-order valence-corrected chi connectivity index (χ4v) is 6.08. The SMILES string of the molecule is Cc1cc(Nc2ncnc3sc4c(c23)CCC(C(=O)N(C)C)C4)c(OCCN2CCOC2=O)cc1C. The zero-order valence-electron chi connectivity index (χ0n) is 21.1. The first-order valence-electron chi connectivity index (χ1n) is 12.2. The Balaban J connectivity index is 1.41. The fourth-order valence-electron chi connectivity index (χ4n) is 4.81. The van der Waals surface area contributed by atoms with E-state index in [0.717, 1.165) is 52.1 Å². The number of rotatable bonds is 7. The Kier molecular flexibility index (Phi) is 6.70. The third-order valence-corrected chi connectivity index (χ3v) is 8.11. The molecule has 2 amide bonds. The monoisotopic (exact) mass is 509 g/mol. The average molecular weight is 510 g/mol. The van der Waals surface area contributed by atoms with Gasteiger partial charge in [0.15, 0.2) is 0 Å². The van der Waals surface area contributed by atoms with E-state index in [0.29, 0.717) is 32.1 Å². The molecule has 1 aliphatic carbocycles. The highest BCUT2D eigenvalue weighted by Gasteiger charge is 2.30. The summed E-state index contributed by atoms with van der Waals surface area (Å²) in [5.74, 6) is 1.64. The summed E-state index contributed by atoms with van der Waals surface area (Å²) in [5, 5.41) is 4.53. The molecule has 0 bridgehead atoms. The van der Waals surface area contributed by atoms with E-state index >= 15 is 0 Å². The van der Waals surface area contributed by atoms with Crippen LogP contribution in [0.15, 0.2) is 18.5 Å². The van der Waals surface area contributed by atoms with Gasteiger partial charge in [-0.2, -0.15) is 0 Å². The lowest BCUT2D eigenvalue weighted by atomic mass is 9.87. The lowest BCUT2D eigenvalue weighted by Gasteiger charge is -2.24. The summed E-state index contributed by atoms with van der Waals surface area (Å²) in [6.07, 6.45) is 3.67. The number of nitrogens with one attached hydrogen (secondary N) is 1. The number of aryl methyl sites for hydroxylation is 3. The van der Waals surface area contributed by atoms with Gasteiger partial charge >= 0.3 is 6.09 Å². The number of anilines is 2. The number of hydrogen-bond donors (Lipinski definition) is 1. The van der Waals surface area contributed by atoms with Gasteiger partial charge in [0.05, 0.1) is 24.2 Å². The van der Waals surface area contributed by atoms with Crippen LogP contribution in [0.3, 0.4) is 0 Å². The molecule has 9 nitrogen and oxygen atoms in total. The van der Waals surface area contributed by atoms with E-state index in [1.54, 1.807) is 27.5 Å². The molecule has 0 spiro atoms. The van der Waals surface area contributed by atoms with Crippen LogP contribution < -0.4 is 10.1 Å². The molecule has 1 saturated heterocycles. The molecule has 36 heavy (non-hydrogen) atoms. The maximum atomic E-state index is 12.6. The second-order valence-corrected chi connectivity index (χ2v) is 10.7. The van der Waals surface area contributed by atoms with Gasteiger partial charge in [-0.05, 0) is 61.9 Å². The molecule has 1 aromatic carbocycles. The molecule has 0 saturated carbocycles. The van der Waals surface area contributed by atoms with E-state index in [2.05, 4.69) is 28.3 Å². The topological polar surface area (TPSA) is 96.9 Å². The molecular formula is C26H31N5O4S. The molecular weight excluding hydrogens is 478 g/mol. The van der Waals surface area contributed by atoms with Crippen molar-refractivity contribution in [3.8, 4) is 5.75 Å². The number of carbonyl (C=O) groups is 2. The summed E-state index contributed by atoms with van der Waals surface area (Å²) in [4.78, 5) is 38.9. The molecule has 1 unspecified atom stereocenters. The van der Waals surface area contributed by atoms with Gasteiger partial charge in [-0.1, -0.05) is 0 Å². The number of carbonyl (C=O) groups excluding carboxylic acids is 2. The minimum absolute atomic E-state index is 0.0116. The summed E-state index contributed by atoms with van der Waals surface area (Å²) in [7, 11) is 3.63. The number of ether oxygens (including phenoxy) is 2. The minimum Gasteiger partial charge on any atom is -0.490 e. The van der Waals surface area contributed by atoms with Crippen molar-refractivity contribution in [2.45, 2.75) is 33.1 Å². The maximum absolute atomic E-state index is 12.6. The zero-order valence-corrected chi connectivity index (χ0v) is 21.9. The van der Waals surface area contributed by atoms with Crippen molar-refractivity contribution >= 4 is 45.1 Å². The molecule has 5 rings (SSSR count). The van der Waals surface area contributed by atoms with Gasteiger partial charge in [-0.3, -0.25) is 4.79 Å². The quantitative estimate of drug-likeness (QED) is 0.513. The predicted octanol–water partition coefficient (Wildman–Crippen LogP) is 4.08. The van der Waals surface area contributed by atoms with E-state index in [-0.39, 0.29) is 17.9 Å². The van der Waals surface area contributed by atoms with Crippen LogP contribution >= 0.6 is 11.3 Å². The molecule has 2 aliphatic rings. The van der Waals surface area contributed by atoms with Crippen LogP contribution in [0, 0.1) is 19.8 Å². The highest BCUT2D eigenvalue weighted by Crippen LogP contribution is 2.41. The number of benzene rings is 1. The smallest absolute Gasteiger partial charge is 0.410 e. The standard InChI is InChI=1S/C26H31N5O4S/c1-15-11-19(20(12-16(15)2)34-9-7-31-8-10-35-26(31)33)29-23-22-18-6-5-17(25(32)30(3)4)13-21(18)36-24(22)28-14-27-23/h11-12,14,17H,5-10,13H2,1-4H3,(H,27,28,29). The van der Waals surface area contributed by atoms with Crippen molar-refractivity contribution in [1.82, 2.24) is 19.8 Å². The number of amides is 2. The molecule has 3 aromatic rings. The Morgan fingerprint density at radius 2 is 2.08 bits per heavy atom. The van der Waals surface area contributed by atoms with Gasteiger partial charge in [-0.25, -0.2) is 14.8 Å². The molecule has 190 valence electrons. The lowest BCUT2D eigenvalue weighted by molar-refractivity contribution is -0.133. The van der Waals surface area contributed by atoms with Crippen molar-refractivity contribution in [3.63, 3.8) is 0 Å². The summed E-state index contributed by atoms with van der Waals surface area (Å²) in [5.41, 5.74) is 4.31. The van der Waals surface area contributed by atoms with Gasteiger partial charge < -0.3 is 24.6 Å². The third kappa shape index (κ3) is 4.69. The van der Waals surface area contributed by atoms with Crippen LogP contribution in [-0.2, 0) is 22.4 Å². The van der Waals surface area contributed by atoms with E-state index < -0.39 is 0 Å². The second-order valence-electron chi connectivity index (χ2n) is 9.59. The van der Waals surface area contributed by atoms with E-state index in [4.69, 9.17) is 9.47 Å². The van der Waals surface area contributed by atoms with Crippen LogP contribution in [-0.4, -0.2) is 72.2 Å². The van der Waals surface area contributed by atoms with E-state index in [9.17, 15) is 9.59 Å². The van der Waals surface area contributed by atoms with E-state index in [1.165, 1.54) is 10.4 Å². The van der Waals surface area contributed by atoms with Crippen molar-refractivity contribution < 1.29 is 19.1 Å². The average Bonchev–Trinajstić information content (AvgIpc) is 3.44. The number of cyclic esters (lactones) is 1. The second kappa shape index (κ2) is 9.93. The normalized spacial score (nSPS) is 17.2. The summed E-state index contributed by atoms with van der Waals surface area (Å²) in [6.45, 7) is 5.95. The van der Waals surface area contributed by atoms with Crippen LogP contribution in [0.1, 0.15) is 28.0 Å². The molecule has 1 N–H and O–H groups in total. The summed E-state index contributed by atoms with van der Waals surface area (Å²) in [6, 6.07) is 4.08. The first kappa shape index (κ1) is 24.3. The molecule has 1 aliphatic heterocycles. The lowest BCUT2D eigenvalue weighted by Crippen LogP contribution is -2.32. The van der Waals surface area contributed by atoms with Crippen LogP contribution in [0.4, 0.5) is 16.3 Å². The number of nitrogens with zero attached hydrogens (tertiary/aromatic N) is 4. The largest absolute Gasteiger partial charge is 0.490 e. The fraction of sp³-hybridized carbons (Fsp3) is 0.462. The van der Waals surface area contributed by atoms with Crippen molar-refractivity contribution in [1.29, 1.82) is 0 Å². The first-order valence-corrected chi connectivity index (χ1v) is 13.0. The predicted molar refractivity (Wildman–Crippen MR) is 139 cm³/mol.